The van der Waals surface area contributed by atoms with E-state index in [1.165, 1.54) is 0 Å². The van der Waals surface area contributed by atoms with Crippen molar-refractivity contribution in [2.24, 2.45) is 22.5 Å². The van der Waals surface area contributed by atoms with E-state index in [0.717, 1.165) is 0 Å². The second-order valence-corrected chi connectivity index (χ2v) is 5.06. The van der Waals surface area contributed by atoms with E-state index in [2.05, 4.69) is 33.0 Å². The zero-order valence-corrected chi connectivity index (χ0v) is 9.18. The number of hydrogen-bond donors (Lipinski definition) is 2. The van der Waals surface area contributed by atoms with Gasteiger partial charge in [-0.2, -0.15) is 0 Å². The molecule has 2 amide bonds. The van der Waals surface area contributed by atoms with E-state index in [-0.39, 0.29) is 29.2 Å². The Hall–Kier alpha value is -1.06. The summed E-state index contributed by atoms with van der Waals surface area (Å²) in [7, 11) is 0. The van der Waals surface area contributed by atoms with Crippen molar-refractivity contribution in [3.8, 4) is 0 Å². The molecule has 0 aromatic carbocycles. The molecule has 0 heterocycles. The number of nitrogens with two attached hydrogens (primary N) is 1. The third-order valence-electron chi connectivity index (χ3n) is 3.72. The van der Waals surface area contributed by atoms with Gasteiger partial charge in [0.25, 0.3) is 0 Å². The molecule has 1 aliphatic rings. The first-order valence-corrected chi connectivity index (χ1v) is 4.77. The quantitative estimate of drug-likeness (QED) is 0.683. The molecule has 0 unspecified atom stereocenters. The molecule has 0 bridgehead atoms. The second-order valence-electron chi connectivity index (χ2n) is 5.06. The fourth-order valence-electron chi connectivity index (χ4n) is 2.13. The number of primary amides is 1. The molecular formula is C10H18N2O2. The molecule has 0 aromatic heterocycles. The summed E-state index contributed by atoms with van der Waals surface area (Å²) in [5, 5.41) is 2.54. The number of amides is 2. The maximum atomic E-state index is 11.6. The molecule has 0 aliphatic heterocycles. The topological polar surface area (TPSA) is 72.2 Å². The number of rotatable bonds is 3. The molecule has 4 nitrogen and oxygen atoms in total. The van der Waals surface area contributed by atoms with Crippen molar-refractivity contribution in [2.75, 3.05) is 6.54 Å². The van der Waals surface area contributed by atoms with E-state index in [1.54, 1.807) is 0 Å². The first-order chi connectivity index (χ1) is 6.21. The molecule has 0 saturated heterocycles. The predicted molar refractivity (Wildman–Crippen MR) is 53.3 cm³/mol. The zero-order valence-electron chi connectivity index (χ0n) is 9.18. The Balaban J connectivity index is 2.54. The molecule has 4 heteroatoms. The van der Waals surface area contributed by atoms with Gasteiger partial charge in [0.05, 0.1) is 6.54 Å². The Morgan fingerprint density at radius 3 is 1.93 bits per heavy atom. The summed E-state index contributed by atoms with van der Waals surface area (Å²) in [6.07, 6.45) is 0. The van der Waals surface area contributed by atoms with Crippen LogP contribution in [-0.2, 0) is 9.59 Å². The Morgan fingerprint density at radius 1 is 1.21 bits per heavy atom. The lowest BCUT2D eigenvalue weighted by molar-refractivity contribution is -0.126. The van der Waals surface area contributed by atoms with Gasteiger partial charge in [-0.15, -0.1) is 0 Å². The Bertz CT molecular complexity index is 268. The molecule has 1 aliphatic carbocycles. The van der Waals surface area contributed by atoms with Crippen molar-refractivity contribution in [1.29, 1.82) is 0 Å². The monoisotopic (exact) mass is 198 g/mol. The van der Waals surface area contributed by atoms with Crippen LogP contribution in [0, 0.1) is 16.7 Å². The lowest BCUT2D eigenvalue weighted by atomic mass is 10.0. The molecule has 14 heavy (non-hydrogen) atoms. The van der Waals surface area contributed by atoms with Gasteiger partial charge in [-0.3, -0.25) is 9.59 Å². The van der Waals surface area contributed by atoms with Crippen molar-refractivity contribution in [2.45, 2.75) is 27.7 Å². The van der Waals surface area contributed by atoms with E-state index >= 15 is 0 Å². The number of hydrogen-bond acceptors (Lipinski definition) is 2. The highest BCUT2D eigenvalue weighted by Crippen LogP contribution is 2.68. The van der Waals surface area contributed by atoms with Gasteiger partial charge in [0.1, 0.15) is 0 Å². The number of carbonyl (C=O) groups excluding carboxylic acids is 2. The van der Waals surface area contributed by atoms with Crippen LogP contribution in [0.2, 0.25) is 0 Å². The average Bonchev–Trinajstić information content (AvgIpc) is 2.39. The summed E-state index contributed by atoms with van der Waals surface area (Å²) in [6.45, 7) is 8.16. The van der Waals surface area contributed by atoms with Gasteiger partial charge in [-0.05, 0) is 10.8 Å². The van der Waals surface area contributed by atoms with Crippen LogP contribution in [0.5, 0.6) is 0 Å². The van der Waals surface area contributed by atoms with Crippen molar-refractivity contribution in [3.05, 3.63) is 0 Å². The normalized spacial score (nSPS) is 22.9. The van der Waals surface area contributed by atoms with Gasteiger partial charge in [-0.1, -0.05) is 27.7 Å². The summed E-state index contributed by atoms with van der Waals surface area (Å²) in [5.74, 6) is -0.595. The van der Waals surface area contributed by atoms with Crippen LogP contribution in [0.3, 0.4) is 0 Å². The first kappa shape index (κ1) is 11.0. The lowest BCUT2D eigenvalue weighted by Crippen LogP contribution is -2.35. The van der Waals surface area contributed by atoms with Crippen LogP contribution in [0.15, 0.2) is 0 Å². The molecule has 0 atom stereocenters. The molecule has 0 aromatic rings. The van der Waals surface area contributed by atoms with Crippen LogP contribution in [-0.4, -0.2) is 18.4 Å². The average molecular weight is 198 g/mol. The first-order valence-electron chi connectivity index (χ1n) is 4.77. The maximum Gasteiger partial charge on any atom is 0.236 e. The van der Waals surface area contributed by atoms with Gasteiger partial charge in [0.15, 0.2) is 0 Å². The zero-order chi connectivity index (χ0) is 11.1. The fraction of sp³-hybridized carbons (Fsp3) is 0.800. The summed E-state index contributed by atoms with van der Waals surface area (Å²) in [4.78, 5) is 22.1. The van der Waals surface area contributed by atoms with E-state index in [0.29, 0.717) is 0 Å². The van der Waals surface area contributed by atoms with Crippen molar-refractivity contribution < 1.29 is 9.59 Å². The third-order valence-corrected chi connectivity index (χ3v) is 3.72. The van der Waals surface area contributed by atoms with Gasteiger partial charge in [0, 0.05) is 5.92 Å². The highest BCUT2D eigenvalue weighted by atomic mass is 16.2. The Kier molecular flexibility index (Phi) is 2.34. The standard InChI is InChI=1S/C10H18N2O2/c1-9(2)7(10(9,3)4)8(14)12-5-6(11)13/h7H,5H2,1-4H3,(H2,11,13)(H,12,14). The number of nitrogens with one attached hydrogen (secondary N) is 1. The van der Waals surface area contributed by atoms with Crippen LogP contribution >= 0.6 is 0 Å². The van der Waals surface area contributed by atoms with Gasteiger partial charge < -0.3 is 11.1 Å². The Morgan fingerprint density at radius 2 is 1.64 bits per heavy atom. The molecule has 3 N–H and O–H groups in total. The van der Waals surface area contributed by atoms with E-state index in [4.69, 9.17) is 5.73 Å². The molecule has 1 fully saturated rings. The largest absolute Gasteiger partial charge is 0.368 e. The van der Waals surface area contributed by atoms with Gasteiger partial charge in [0.2, 0.25) is 11.8 Å². The van der Waals surface area contributed by atoms with Gasteiger partial charge in [-0.25, -0.2) is 0 Å². The summed E-state index contributed by atoms with van der Waals surface area (Å²) in [6, 6.07) is 0. The van der Waals surface area contributed by atoms with E-state index in [1.807, 2.05) is 0 Å². The number of carbonyl (C=O) groups is 2. The molecule has 80 valence electrons. The maximum absolute atomic E-state index is 11.6. The molecule has 0 radical (unpaired) electrons. The van der Waals surface area contributed by atoms with E-state index < -0.39 is 5.91 Å². The van der Waals surface area contributed by atoms with Crippen molar-refractivity contribution >= 4 is 11.8 Å². The fourth-order valence-corrected chi connectivity index (χ4v) is 2.13. The second kappa shape index (κ2) is 2.97. The molecule has 1 saturated carbocycles. The molecule has 1 rings (SSSR count). The summed E-state index contributed by atoms with van der Waals surface area (Å²) >= 11 is 0. The predicted octanol–water partition coefficient (Wildman–Crippen LogP) is 0.270. The van der Waals surface area contributed by atoms with Crippen LogP contribution < -0.4 is 11.1 Å². The SMILES string of the molecule is CC1(C)C(C(=O)NCC(N)=O)C1(C)C. The highest BCUT2D eigenvalue weighted by Gasteiger charge is 2.68. The Labute approximate surface area is 84.2 Å². The minimum absolute atomic E-state index is 0.00866. The summed E-state index contributed by atoms with van der Waals surface area (Å²) < 4.78 is 0. The lowest BCUT2D eigenvalue weighted by Gasteiger charge is -2.03. The van der Waals surface area contributed by atoms with Gasteiger partial charge >= 0.3 is 0 Å². The smallest absolute Gasteiger partial charge is 0.236 e. The minimum Gasteiger partial charge on any atom is -0.368 e. The summed E-state index contributed by atoms with van der Waals surface area (Å²) in [5.41, 5.74) is 4.96. The van der Waals surface area contributed by atoms with Crippen molar-refractivity contribution in [3.63, 3.8) is 0 Å². The van der Waals surface area contributed by atoms with Crippen LogP contribution in [0.4, 0.5) is 0 Å². The van der Waals surface area contributed by atoms with E-state index in [9.17, 15) is 9.59 Å². The molecule has 0 spiro atoms. The van der Waals surface area contributed by atoms with Crippen LogP contribution in [0.1, 0.15) is 27.7 Å². The molecular weight excluding hydrogens is 180 g/mol. The third kappa shape index (κ3) is 1.49. The van der Waals surface area contributed by atoms with Crippen molar-refractivity contribution in [1.82, 2.24) is 5.32 Å². The minimum atomic E-state index is -0.505. The highest BCUT2D eigenvalue weighted by molar-refractivity contribution is 5.88. The van der Waals surface area contributed by atoms with Crippen LogP contribution in [0.25, 0.3) is 0 Å².